The Kier molecular flexibility index (Phi) is 2.92. The Labute approximate surface area is 113 Å². The topological polar surface area (TPSA) is 74.2 Å². The lowest BCUT2D eigenvalue weighted by atomic mass is 10.1. The highest BCUT2D eigenvalue weighted by Gasteiger charge is 2.21. The van der Waals surface area contributed by atoms with Gasteiger partial charge in [0.2, 0.25) is 0 Å². The van der Waals surface area contributed by atoms with Crippen molar-refractivity contribution in [2.45, 2.75) is 0 Å². The van der Waals surface area contributed by atoms with E-state index in [-0.39, 0.29) is 0 Å². The number of hydrogen-bond acceptors (Lipinski definition) is 6. The van der Waals surface area contributed by atoms with Gasteiger partial charge in [-0.25, -0.2) is 0 Å². The molecule has 0 spiro atoms. The molecule has 3 aromatic heterocycles. The normalized spacial score (nSPS) is 10.6. The Balaban J connectivity index is 2.20. The predicted molar refractivity (Wildman–Crippen MR) is 74.0 cm³/mol. The van der Waals surface area contributed by atoms with Crippen molar-refractivity contribution in [2.75, 3.05) is 12.8 Å². The molecule has 0 aliphatic heterocycles. The summed E-state index contributed by atoms with van der Waals surface area (Å²) in [5.74, 6) is 1.70. The van der Waals surface area contributed by atoms with Gasteiger partial charge in [0.15, 0.2) is 11.6 Å². The molecule has 2 N–H and O–H groups in total. The highest BCUT2D eigenvalue weighted by molar-refractivity contribution is 7.14. The Morgan fingerprint density at radius 2 is 2.26 bits per heavy atom. The van der Waals surface area contributed by atoms with Crippen LogP contribution in [0.15, 0.2) is 40.5 Å². The molecule has 6 heteroatoms. The van der Waals surface area contributed by atoms with E-state index in [4.69, 9.17) is 15.0 Å². The number of anilines is 1. The lowest BCUT2D eigenvalue weighted by molar-refractivity contribution is 0.409. The molecular formula is C13H11N3O2S. The summed E-state index contributed by atoms with van der Waals surface area (Å²) >= 11 is 1.51. The minimum Gasteiger partial charge on any atom is -0.495 e. The van der Waals surface area contributed by atoms with Crippen LogP contribution >= 0.6 is 11.3 Å². The van der Waals surface area contributed by atoms with E-state index in [0.29, 0.717) is 11.6 Å². The van der Waals surface area contributed by atoms with Crippen LogP contribution in [0.3, 0.4) is 0 Å². The van der Waals surface area contributed by atoms with Crippen molar-refractivity contribution < 1.29 is 9.26 Å². The van der Waals surface area contributed by atoms with Gasteiger partial charge < -0.3 is 15.0 Å². The summed E-state index contributed by atoms with van der Waals surface area (Å²) in [7, 11) is 1.62. The maximum atomic E-state index is 5.90. The standard InChI is InChI=1S/C13H11N3O2S/c1-17-9-4-6-19-12(9)11-10(13(14)16-18-11)8-3-2-5-15-7-8/h2-7H,1H3,(H2,14,16). The smallest absolute Gasteiger partial charge is 0.190 e. The summed E-state index contributed by atoms with van der Waals surface area (Å²) in [6.45, 7) is 0. The van der Waals surface area contributed by atoms with Gasteiger partial charge in [-0.05, 0) is 17.5 Å². The Morgan fingerprint density at radius 1 is 1.37 bits per heavy atom. The summed E-state index contributed by atoms with van der Waals surface area (Å²) in [5.41, 5.74) is 7.51. The number of nitrogen functional groups attached to an aromatic ring is 1. The zero-order valence-corrected chi connectivity index (χ0v) is 11.0. The number of nitrogens with zero attached hydrogens (tertiary/aromatic N) is 2. The number of aromatic nitrogens is 2. The summed E-state index contributed by atoms with van der Waals surface area (Å²) in [5, 5.41) is 5.78. The van der Waals surface area contributed by atoms with E-state index >= 15 is 0 Å². The number of pyridine rings is 1. The van der Waals surface area contributed by atoms with Crippen molar-refractivity contribution in [3.05, 3.63) is 36.0 Å². The molecule has 0 unspecified atom stereocenters. The van der Waals surface area contributed by atoms with E-state index < -0.39 is 0 Å². The summed E-state index contributed by atoms with van der Waals surface area (Å²) < 4.78 is 10.7. The summed E-state index contributed by atoms with van der Waals surface area (Å²) in [4.78, 5) is 4.96. The van der Waals surface area contributed by atoms with Gasteiger partial charge in [-0.15, -0.1) is 11.3 Å². The second kappa shape index (κ2) is 4.74. The van der Waals surface area contributed by atoms with E-state index in [1.807, 2.05) is 23.6 Å². The van der Waals surface area contributed by atoms with Gasteiger partial charge in [0.05, 0.1) is 12.7 Å². The fourth-order valence-corrected chi connectivity index (χ4v) is 2.71. The molecule has 0 fully saturated rings. The van der Waals surface area contributed by atoms with Crippen molar-refractivity contribution in [1.82, 2.24) is 10.1 Å². The maximum absolute atomic E-state index is 5.90. The fraction of sp³-hybridized carbons (Fsp3) is 0.0769. The minimum atomic E-state index is 0.346. The van der Waals surface area contributed by atoms with Crippen molar-refractivity contribution in [3.8, 4) is 27.5 Å². The van der Waals surface area contributed by atoms with Crippen LogP contribution in [-0.2, 0) is 0 Å². The van der Waals surface area contributed by atoms with Crippen LogP contribution in [0.5, 0.6) is 5.75 Å². The van der Waals surface area contributed by atoms with Gasteiger partial charge in [0, 0.05) is 18.0 Å². The molecule has 0 atom stereocenters. The molecule has 0 saturated carbocycles. The molecule has 5 nitrogen and oxygen atoms in total. The maximum Gasteiger partial charge on any atom is 0.190 e. The number of hydrogen-bond donors (Lipinski definition) is 1. The highest BCUT2D eigenvalue weighted by atomic mass is 32.1. The van der Waals surface area contributed by atoms with Crippen LogP contribution in [-0.4, -0.2) is 17.3 Å². The van der Waals surface area contributed by atoms with Crippen LogP contribution in [0.1, 0.15) is 0 Å². The molecule has 3 heterocycles. The Bertz CT molecular complexity index is 691. The second-order valence-electron chi connectivity index (χ2n) is 3.83. The van der Waals surface area contributed by atoms with Crippen LogP contribution in [0.25, 0.3) is 21.8 Å². The average molecular weight is 273 g/mol. The molecule has 3 aromatic rings. The molecule has 0 bridgehead atoms. The quantitative estimate of drug-likeness (QED) is 0.793. The number of ether oxygens (including phenoxy) is 1. The Morgan fingerprint density at radius 3 is 3.00 bits per heavy atom. The van der Waals surface area contributed by atoms with E-state index in [9.17, 15) is 0 Å². The van der Waals surface area contributed by atoms with E-state index in [1.165, 1.54) is 11.3 Å². The molecular weight excluding hydrogens is 262 g/mol. The highest BCUT2D eigenvalue weighted by Crippen LogP contribution is 2.43. The monoisotopic (exact) mass is 273 g/mol. The lowest BCUT2D eigenvalue weighted by Crippen LogP contribution is -1.89. The number of nitrogens with two attached hydrogens (primary N) is 1. The number of thiophene rings is 1. The third kappa shape index (κ3) is 1.96. The van der Waals surface area contributed by atoms with Gasteiger partial charge >= 0.3 is 0 Å². The van der Waals surface area contributed by atoms with Gasteiger partial charge in [0.25, 0.3) is 0 Å². The third-order valence-electron chi connectivity index (χ3n) is 2.72. The third-order valence-corrected chi connectivity index (χ3v) is 3.62. The van der Waals surface area contributed by atoms with Gasteiger partial charge in [0.1, 0.15) is 10.6 Å². The lowest BCUT2D eigenvalue weighted by Gasteiger charge is -2.02. The van der Waals surface area contributed by atoms with Crippen LogP contribution in [0.4, 0.5) is 5.82 Å². The zero-order valence-electron chi connectivity index (χ0n) is 10.2. The average Bonchev–Trinajstić information content (AvgIpc) is 3.05. The summed E-state index contributed by atoms with van der Waals surface area (Å²) in [6.07, 6.45) is 3.44. The van der Waals surface area contributed by atoms with Crippen LogP contribution in [0, 0.1) is 0 Å². The van der Waals surface area contributed by atoms with Crippen molar-refractivity contribution in [1.29, 1.82) is 0 Å². The van der Waals surface area contributed by atoms with E-state index in [2.05, 4.69) is 10.1 Å². The molecule has 0 aliphatic rings. The Hall–Kier alpha value is -2.34. The second-order valence-corrected chi connectivity index (χ2v) is 4.75. The fourth-order valence-electron chi connectivity index (χ4n) is 1.87. The molecule has 0 aliphatic carbocycles. The first-order chi connectivity index (χ1) is 9.31. The van der Waals surface area contributed by atoms with Crippen LogP contribution < -0.4 is 10.5 Å². The van der Waals surface area contributed by atoms with Crippen LogP contribution in [0.2, 0.25) is 0 Å². The van der Waals surface area contributed by atoms with E-state index in [1.54, 1.807) is 19.5 Å². The molecule has 0 saturated heterocycles. The molecule has 96 valence electrons. The molecule has 0 aromatic carbocycles. The minimum absolute atomic E-state index is 0.346. The number of methoxy groups -OCH3 is 1. The first kappa shape index (κ1) is 11.7. The molecule has 19 heavy (non-hydrogen) atoms. The summed E-state index contributed by atoms with van der Waals surface area (Å²) in [6, 6.07) is 5.64. The molecule has 0 amide bonds. The number of rotatable bonds is 3. The largest absolute Gasteiger partial charge is 0.495 e. The zero-order chi connectivity index (χ0) is 13.2. The first-order valence-electron chi connectivity index (χ1n) is 5.58. The predicted octanol–water partition coefficient (Wildman–Crippen LogP) is 3.06. The van der Waals surface area contributed by atoms with Crippen molar-refractivity contribution >= 4 is 17.2 Å². The van der Waals surface area contributed by atoms with Gasteiger partial charge in [-0.3, -0.25) is 4.98 Å². The van der Waals surface area contributed by atoms with E-state index in [0.717, 1.165) is 21.8 Å². The van der Waals surface area contributed by atoms with Gasteiger partial charge in [-0.2, -0.15) is 0 Å². The van der Waals surface area contributed by atoms with Crippen molar-refractivity contribution in [2.24, 2.45) is 0 Å². The van der Waals surface area contributed by atoms with Gasteiger partial charge in [-0.1, -0.05) is 11.2 Å². The SMILES string of the molecule is COc1ccsc1-c1onc(N)c1-c1cccnc1. The molecule has 3 rings (SSSR count). The van der Waals surface area contributed by atoms with Crippen molar-refractivity contribution in [3.63, 3.8) is 0 Å². The molecule has 0 radical (unpaired) electrons. The first-order valence-corrected chi connectivity index (χ1v) is 6.46.